The van der Waals surface area contributed by atoms with Gasteiger partial charge in [-0.25, -0.2) is 4.99 Å². The van der Waals surface area contributed by atoms with Gasteiger partial charge in [-0.1, -0.05) is 35.9 Å². The molecule has 2 aromatic carbocycles. The van der Waals surface area contributed by atoms with Crippen molar-refractivity contribution in [2.45, 2.75) is 0 Å². The van der Waals surface area contributed by atoms with Crippen molar-refractivity contribution in [2.24, 2.45) is 4.99 Å². The summed E-state index contributed by atoms with van der Waals surface area (Å²) in [6.07, 6.45) is 3.46. The van der Waals surface area contributed by atoms with E-state index in [1.807, 2.05) is 18.2 Å². The van der Waals surface area contributed by atoms with E-state index in [1.165, 1.54) is 11.8 Å². The Morgan fingerprint density at radius 3 is 2.68 bits per heavy atom. The number of benzene rings is 2. The molecular weight excluding hydrogens is 356 g/mol. The van der Waals surface area contributed by atoms with Crippen LogP contribution in [0, 0.1) is 0 Å². The number of amidine groups is 1. The van der Waals surface area contributed by atoms with E-state index in [1.54, 1.807) is 47.4 Å². The van der Waals surface area contributed by atoms with E-state index < -0.39 is 0 Å². The number of phenols is 1. The molecule has 1 amide bonds. The average molecular weight is 371 g/mol. The summed E-state index contributed by atoms with van der Waals surface area (Å²) in [5.41, 5.74) is 1.47. The highest BCUT2D eigenvalue weighted by molar-refractivity contribution is 8.18. The quantitative estimate of drug-likeness (QED) is 0.619. The maximum atomic E-state index is 12.7. The Hall–Kier alpha value is -2.50. The SMILES string of the molecule is C=CCN1C(=O)/C(=C\c2ccc(Cl)cc2)SC1=Nc1cccc(O)c1. The van der Waals surface area contributed by atoms with Crippen molar-refractivity contribution in [3.05, 3.63) is 76.7 Å². The van der Waals surface area contributed by atoms with Gasteiger partial charge in [0.2, 0.25) is 0 Å². The third-order valence-corrected chi connectivity index (χ3v) is 4.68. The molecule has 25 heavy (non-hydrogen) atoms. The van der Waals surface area contributed by atoms with Crippen LogP contribution in [0.1, 0.15) is 5.56 Å². The van der Waals surface area contributed by atoms with Crippen LogP contribution in [0.25, 0.3) is 6.08 Å². The third-order valence-electron chi connectivity index (χ3n) is 3.42. The van der Waals surface area contributed by atoms with Gasteiger partial charge < -0.3 is 5.11 Å². The highest BCUT2D eigenvalue weighted by Gasteiger charge is 2.32. The van der Waals surface area contributed by atoms with Crippen LogP contribution in [0.2, 0.25) is 5.02 Å². The molecule has 0 aliphatic carbocycles. The standard InChI is InChI=1S/C19H15ClN2O2S/c1-2-10-22-18(24)17(11-13-6-8-14(20)9-7-13)25-19(22)21-15-4-3-5-16(23)12-15/h2-9,11-12,23H,1,10H2/b17-11+,21-19?. The van der Waals surface area contributed by atoms with Gasteiger partial charge in [-0.15, -0.1) is 6.58 Å². The van der Waals surface area contributed by atoms with Crippen molar-refractivity contribution in [1.29, 1.82) is 0 Å². The molecule has 0 saturated carbocycles. The zero-order valence-electron chi connectivity index (χ0n) is 13.2. The first-order chi connectivity index (χ1) is 12.1. The van der Waals surface area contributed by atoms with Crippen molar-refractivity contribution < 1.29 is 9.90 Å². The third kappa shape index (κ3) is 4.13. The van der Waals surface area contributed by atoms with Crippen LogP contribution >= 0.6 is 23.4 Å². The second-order valence-corrected chi connectivity index (χ2v) is 6.73. The summed E-state index contributed by atoms with van der Waals surface area (Å²) in [5.74, 6) is 0.00197. The second-order valence-electron chi connectivity index (χ2n) is 5.28. The molecule has 3 rings (SSSR count). The summed E-state index contributed by atoms with van der Waals surface area (Å²) in [5, 5.41) is 10.8. The van der Waals surface area contributed by atoms with Gasteiger partial charge in [-0.3, -0.25) is 9.69 Å². The zero-order valence-corrected chi connectivity index (χ0v) is 14.8. The van der Waals surface area contributed by atoms with E-state index in [-0.39, 0.29) is 11.7 Å². The number of hydrogen-bond donors (Lipinski definition) is 1. The Morgan fingerprint density at radius 1 is 1.24 bits per heavy atom. The van der Waals surface area contributed by atoms with Crippen LogP contribution in [0.4, 0.5) is 5.69 Å². The summed E-state index contributed by atoms with van der Waals surface area (Å²) in [4.78, 5) is 19.3. The largest absolute Gasteiger partial charge is 0.508 e. The topological polar surface area (TPSA) is 52.9 Å². The predicted octanol–water partition coefficient (Wildman–Crippen LogP) is 4.84. The summed E-state index contributed by atoms with van der Waals surface area (Å²) in [7, 11) is 0. The van der Waals surface area contributed by atoms with Gasteiger partial charge in [0.1, 0.15) is 5.75 Å². The highest BCUT2D eigenvalue weighted by atomic mass is 35.5. The maximum Gasteiger partial charge on any atom is 0.267 e. The van der Waals surface area contributed by atoms with Crippen molar-refractivity contribution in [1.82, 2.24) is 4.90 Å². The molecule has 0 atom stereocenters. The monoisotopic (exact) mass is 370 g/mol. The Bertz CT molecular complexity index is 875. The lowest BCUT2D eigenvalue weighted by Crippen LogP contribution is -2.29. The van der Waals surface area contributed by atoms with E-state index >= 15 is 0 Å². The number of aliphatic imine (C=N–C) groups is 1. The normalized spacial score (nSPS) is 17.5. The molecule has 2 aromatic rings. The Morgan fingerprint density at radius 2 is 2.00 bits per heavy atom. The molecule has 1 aliphatic rings. The molecule has 0 unspecified atom stereocenters. The Kier molecular flexibility index (Phi) is 5.26. The molecule has 6 heteroatoms. The molecule has 0 bridgehead atoms. The molecule has 0 spiro atoms. The number of rotatable bonds is 4. The van der Waals surface area contributed by atoms with Gasteiger partial charge in [0.15, 0.2) is 5.17 Å². The highest BCUT2D eigenvalue weighted by Crippen LogP contribution is 2.34. The number of carbonyl (C=O) groups is 1. The van der Waals surface area contributed by atoms with E-state index in [2.05, 4.69) is 11.6 Å². The molecule has 0 radical (unpaired) electrons. The van der Waals surface area contributed by atoms with Gasteiger partial charge in [-0.2, -0.15) is 0 Å². The number of amides is 1. The number of aromatic hydroxyl groups is 1. The Balaban J connectivity index is 1.94. The molecule has 1 fully saturated rings. The fourth-order valence-corrected chi connectivity index (χ4v) is 3.40. The van der Waals surface area contributed by atoms with Crippen LogP contribution in [0.3, 0.4) is 0 Å². The molecule has 126 valence electrons. The molecule has 1 aliphatic heterocycles. The first-order valence-corrected chi connectivity index (χ1v) is 8.72. The number of carbonyl (C=O) groups excluding carboxylic acids is 1. The Labute approximate surface area is 155 Å². The molecule has 4 nitrogen and oxygen atoms in total. The molecule has 1 saturated heterocycles. The average Bonchev–Trinajstić information content (AvgIpc) is 2.86. The van der Waals surface area contributed by atoms with Gasteiger partial charge in [0, 0.05) is 17.6 Å². The molecule has 1 N–H and O–H groups in total. The van der Waals surface area contributed by atoms with Crippen molar-refractivity contribution >= 4 is 46.2 Å². The van der Waals surface area contributed by atoms with Crippen LogP contribution in [-0.2, 0) is 4.79 Å². The van der Waals surface area contributed by atoms with E-state index in [0.29, 0.717) is 27.3 Å². The number of hydrogen-bond acceptors (Lipinski definition) is 4. The van der Waals surface area contributed by atoms with Crippen LogP contribution in [-0.4, -0.2) is 27.6 Å². The zero-order chi connectivity index (χ0) is 17.8. The lowest BCUT2D eigenvalue weighted by atomic mass is 10.2. The minimum absolute atomic E-state index is 0.126. The minimum atomic E-state index is -0.126. The van der Waals surface area contributed by atoms with Crippen LogP contribution in [0.15, 0.2) is 71.1 Å². The molecular formula is C19H15ClN2O2S. The van der Waals surface area contributed by atoms with E-state index in [9.17, 15) is 9.90 Å². The first kappa shape index (κ1) is 17.3. The molecule has 1 heterocycles. The van der Waals surface area contributed by atoms with Crippen molar-refractivity contribution in [3.63, 3.8) is 0 Å². The number of halogens is 1. The minimum Gasteiger partial charge on any atom is -0.508 e. The number of nitrogens with zero attached hydrogens (tertiary/aromatic N) is 2. The van der Waals surface area contributed by atoms with E-state index in [4.69, 9.17) is 11.6 Å². The second kappa shape index (κ2) is 7.59. The smallest absolute Gasteiger partial charge is 0.267 e. The number of thioether (sulfide) groups is 1. The van der Waals surface area contributed by atoms with Crippen LogP contribution in [0.5, 0.6) is 5.75 Å². The number of phenolic OH excluding ortho intramolecular Hbond substituents is 1. The summed E-state index contributed by atoms with van der Waals surface area (Å²) < 4.78 is 0. The lowest BCUT2D eigenvalue weighted by Gasteiger charge is -2.12. The fourth-order valence-electron chi connectivity index (χ4n) is 2.26. The van der Waals surface area contributed by atoms with Gasteiger partial charge >= 0.3 is 0 Å². The van der Waals surface area contributed by atoms with Gasteiger partial charge in [0.25, 0.3) is 5.91 Å². The van der Waals surface area contributed by atoms with Crippen molar-refractivity contribution in [2.75, 3.05) is 6.54 Å². The van der Waals surface area contributed by atoms with E-state index in [0.717, 1.165) is 5.56 Å². The fraction of sp³-hybridized carbons (Fsp3) is 0.0526. The van der Waals surface area contributed by atoms with Gasteiger partial charge in [-0.05, 0) is 47.7 Å². The van der Waals surface area contributed by atoms with Crippen LogP contribution < -0.4 is 0 Å². The molecule has 0 aromatic heterocycles. The summed E-state index contributed by atoms with van der Waals surface area (Å²) in [6.45, 7) is 4.06. The summed E-state index contributed by atoms with van der Waals surface area (Å²) in [6, 6.07) is 13.9. The first-order valence-electron chi connectivity index (χ1n) is 7.52. The summed E-state index contributed by atoms with van der Waals surface area (Å²) >= 11 is 7.19. The predicted molar refractivity (Wildman–Crippen MR) is 104 cm³/mol. The lowest BCUT2D eigenvalue weighted by molar-refractivity contribution is -0.121. The van der Waals surface area contributed by atoms with Crippen molar-refractivity contribution in [3.8, 4) is 5.75 Å². The maximum absolute atomic E-state index is 12.7. The van der Waals surface area contributed by atoms with Gasteiger partial charge in [0.05, 0.1) is 10.6 Å².